The summed E-state index contributed by atoms with van der Waals surface area (Å²) in [5, 5.41) is 12.5. The maximum absolute atomic E-state index is 12.2. The molecule has 0 spiro atoms. The van der Waals surface area contributed by atoms with Crippen LogP contribution in [0.3, 0.4) is 0 Å². The van der Waals surface area contributed by atoms with E-state index in [4.69, 9.17) is 27.9 Å². The molecule has 1 aliphatic heterocycles. The molecule has 5 nitrogen and oxygen atoms in total. The van der Waals surface area contributed by atoms with Crippen molar-refractivity contribution in [1.82, 2.24) is 5.32 Å². The molecule has 1 saturated heterocycles. The Morgan fingerprint density at radius 1 is 1.25 bits per heavy atom. The highest BCUT2D eigenvalue weighted by molar-refractivity contribution is 6.36. The second-order valence-electron chi connectivity index (χ2n) is 4.58. The average molecular weight is 318 g/mol. The van der Waals surface area contributed by atoms with E-state index in [0.717, 1.165) is 0 Å². The summed E-state index contributed by atoms with van der Waals surface area (Å²) in [6, 6.07) is 4.43. The van der Waals surface area contributed by atoms with E-state index in [0.29, 0.717) is 18.2 Å². The molecule has 0 aliphatic carbocycles. The second-order valence-corrected chi connectivity index (χ2v) is 5.42. The highest BCUT2D eigenvalue weighted by Crippen LogP contribution is 2.25. The number of carboxylic acid groups (broad SMARTS) is 1. The quantitative estimate of drug-likeness (QED) is 0.897. The van der Waals surface area contributed by atoms with Crippen LogP contribution < -0.4 is 5.32 Å². The number of hydrogen-bond acceptors (Lipinski definition) is 3. The molecule has 1 aromatic rings. The molecule has 0 unspecified atom stereocenters. The van der Waals surface area contributed by atoms with Gasteiger partial charge in [-0.2, -0.15) is 0 Å². The SMILES string of the molecule is O=C(NC1(C(=O)O)CCOCC1)c1ccc(Cl)cc1Cl. The van der Waals surface area contributed by atoms with Crippen molar-refractivity contribution in [1.29, 1.82) is 0 Å². The van der Waals surface area contributed by atoms with E-state index >= 15 is 0 Å². The number of halogens is 2. The molecule has 1 aliphatic rings. The first-order valence-electron chi connectivity index (χ1n) is 6.03. The fraction of sp³-hybridized carbons (Fsp3) is 0.385. The van der Waals surface area contributed by atoms with E-state index in [-0.39, 0.29) is 23.4 Å². The van der Waals surface area contributed by atoms with Crippen LogP contribution >= 0.6 is 23.2 Å². The number of aliphatic carboxylic acids is 1. The van der Waals surface area contributed by atoms with Crippen molar-refractivity contribution in [2.24, 2.45) is 0 Å². The zero-order valence-electron chi connectivity index (χ0n) is 10.5. The third-order valence-corrected chi connectivity index (χ3v) is 3.83. The van der Waals surface area contributed by atoms with Crippen molar-refractivity contribution in [3.8, 4) is 0 Å². The summed E-state index contributed by atoms with van der Waals surface area (Å²) in [7, 11) is 0. The van der Waals surface area contributed by atoms with Crippen LogP contribution in [0.5, 0.6) is 0 Å². The summed E-state index contributed by atoms with van der Waals surface area (Å²) in [5.41, 5.74) is -1.11. The van der Waals surface area contributed by atoms with Crippen molar-refractivity contribution in [2.75, 3.05) is 13.2 Å². The van der Waals surface area contributed by atoms with Gasteiger partial charge in [-0.25, -0.2) is 4.79 Å². The van der Waals surface area contributed by atoms with Crippen LogP contribution in [0.15, 0.2) is 18.2 Å². The number of carboxylic acids is 1. The Bertz CT molecular complexity index is 541. The predicted molar refractivity (Wildman–Crippen MR) is 74.3 cm³/mol. The molecule has 0 saturated carbocycles. The number of carbonyl (C=O) groups excluding carboxylic acids is 1. The van der Waals surface area contributed by atoms with Gasteiger partial charge >= 0.3 is 5.97 Å². The molecule has 108 valence electrons. The van der Waals surface area contributed by atoms with E-state index in [1.165, 1.54) is 18.2 Å². The van der Waals surface area contributed by atoms with Crippen molar-refractivity contribution in [3.05, 3.63) is 33.8 Å². The molecule has 2 rings (SSSR count). The molecular weight excluding hydrogens is 305 g/mol. The van der Waals surface area contributed by atoms with E-state index in [9.17, 15) is 14.7 Å². The highest BCUT2D eigenvalue weighted by Gasteiger charge is 2.41. The van der Waals surface area contributed by atoms with Gasteiger partial charge < -0.3 is 15.2 Å². The van der Waals surface area contributed by atoms with Gasteiger partial charge in [0.05, 0.1) is 10.6 Å². The number of rotatable bonds is 3. The fourth-order valence-corrected chi connectivity index (χ4v) is 2.56. The van der Waals surface area contributed by atoms with Crippen LogP contribution in [0.4, 0.5) is 0 Å². The maximum Gasteiger partial charge on any atom is 0.329 e. The molecule has 1 fully saturated rings. The molecule has 7 heteroatoms. The molecular formula is C13H13Cl2NO4. The van der Waals surface area contributed by atoms with Gasteiger partial charge in [0.25, 0.3) is 5.91 Å². The highest BCUT2D eigenvalue weighted by atomic mass is 35.5. The van der Waals surface area contributed by atoms with Crippen molar-refractivity contribution in [3.63, 3.8) is 0 Å². The van der Waals surface area contributed by atoms with Crippen LogP contribution in [-0.4, -0.2) is 35.7 Å². The third kappa shape index (κ3) is 3.06. The van der Waals surface area contributed by atoms with E-state index in [1.54, 1.807) is 0 Å². The third-order valence-electron chi connectivity index (χ3n) is 3.28. The molecule has 0 radical (unpaired) electrons. The summed E-state index contributed by atoms with van der Waals surface area (Å²) in [6.45, 7) is 0.585. The standard InChI is InChI=1S/C13H13Cl2NO4/c14-8-1-2-9(10(15)7-8)11(17)16-13(12(18)19)3-5-20-6-4-13/h1-2,7H,3-6H2,(H,16,17)(H,18,19). The minimum atomic E-state index is -1.31. The number of amides is 1. The van der Waals surface area contributed by atoms with E-state index < -0.39 is 17.4 Å². The first-order valence-corrected chi connectivity index (χ1v) is 6.79. The van der Waals surface area contributed by atoms with Gasteiger partial charge in [0.15, 0.2) is 0 Å². The Kier molecular flexibility index (Phi) is 4.52. The monoisotopic (exact) mass is 317 g/mol. The average Bonchev–Trinajstić information content (AvgIpc) is 2.39. The Balaban J connectivity index is 2.22. The number of nitrogens with one attached hydrogen (secondary N) is 1. The summed E-state index contributed by atoms with van der Waals surface area (Å²) in [5.74, 6) is -1.60. The molecule has 20 heavy (non-hydrogen) atoms. The largest absolute Gasteiger partial charge is 0.480 e. The van der Waals surface area contributed by atoms with Crippen LogP contribution in [0.25, 0.3) is 0 Å². The fourth-order valence-electron chi connectivity index (χ4n) is 2.07. The topological polar surface area (TPSA) is 75.6 Å². The maximum atomic E-state index is 12.2. The summed E-state index contributed by atoms with van der Waals surface area (Å²) in [6.07, 6.45) is 0.443. The molecule has 1 amide bonds. The molecule has 0 atom stereocenters. The minimum Gasteiger partial charge on any atom is -0.480 e. The van der Waals surface area contributed by atoms with Gasteiger partial charge in [-0.1, -0.05) is 23.2 Å². The van der Waals surface area contributed by atoms with E-state index in [1.807, 2.05) is 0 Å². The summed E-state index contributed by atoms with van der Waals surface area (Å²) in [4.78, 5) is 23.7. The molecule has 1 heterocycles. The smallest absolute Gasteiger partial charge is 0.329 e. The first kappa shape index (κ1) is 15.1. The van der Waals surface area contributed by atoms with Crippen LogP contribution in [0, 0.1) is 0 Å². The van der Waals surface area contributed by atoms with Crippen molar-refractivity contribution >= 4 is 35.1 Å². The second kappa shape index (κ2) is 5.99. The van der Waals surface area contributed by atoms with Gasteiger partial charge in [0, 0.05) is 31.1 Å². The number of benzene rings is 1. The number of hydrogen-bond donors (Lipinski definition) is 2. The van der Waals surface area contributed by atoms with Crippen LogP contribution in [-0.2, 0) is 9.53 Å². The van der Waals surface area contributed by atoms with Crippen LogP contribution in [0.1, 0.15) is 23.2 Å². The molecule has 2 N–H and O–H groups in total. The van der Waals surface area contributed by atoms with Gasteiger partial charge in [-0.05, 0) is 18.2 Å². The van der Waals surface area contributed by atoms with Crippen LogP contribution in [0.2, 0.25) is 10.0 Å². The molecule has 0 bridgehead atoms. The summed E-state index contributed by atoms with van der Waals surface area (Å²) >= 11 is 11.7. The normalized spacial score (nSPS) is 17.5. The number of carbonyl (C=O) groups is 2. The molecule has 1 aromatic carbocycles. The van der Waals surface area contributed by atoms with Crippen molar-refractivity contribution in [2.45, 2.75) is 18.4 Å². The molecule has 0 aromatic heterocycles. The Labute approximate surface area is 125 Å². The Morgan fingerprint density at radius 2 is 1.90 bits per heavy atom. The van der Waals surface area contributed by atoms with Gasteiger partial charge in [-0.3, -0.25) is 4.79 Å². The lowest BCUT2D eigenvalue weighted by molar-refractivity contribution is -0.148. The van der Waals surface area contributed by atoms with Gasteiger partial charge in [0.2, 0.25) is 0 Å². The first-order chi connectivity index (χ1) is 9.44. The lowest BCUT2D eigenvalue weighted by atomic mass is 9.89. The summed E-state index contributed by atoms with van der Waals surface area (Å²) < 4.78 is 5.14. The zero-order valence-corrected chi connectivity index (χ0v) is 12.0. The lowest BCUT2D eigenvalue weighted by Gasteiger charge is -2.33. The predicted octanol–water partition coefficient (Wildman–Crippen LogP) is 2.36. The minimum absolute atomic E-state index is 0.183. The van der Waals surface area contributed by atoms with E-state index in [2.05, 4.69) is 5.32 Å². The van der Waals surface area contributed by atoms with Crippen molar-refractivity contribution < 1.29 is 19.4 Å². The van der Waals surface area contributed by atoms with Gasteiger partial charge in [0.1, 0.15) is 5.54 Å². The Hall–Kier alpha value is -1.30. The van der Waals surface area contributed by atoms with Gasteiger partial charge in [-0.15, -0.1) is 0 Å². The Morgan fingerprint density at radius 3 is 2.45 bits per heavy atom. The number of ether oxygens (including phenoxy) is 1. The lowest BCUT2D eigenvalue weighted by Crippen LogP contribution is -2.57. The zero-order chi connectivity index (χ0) is 14.8.